The number of nitrogens with zero attached hydrogens (tertiary/aromatic N) is 3. The Bertz CT molecular complexity index is 4840. The summed E-state index contributed by atoms with van der Waals surface area (Å²) in [6, 6.07) is 64.7. The van der Waals surface area contributed by atoms with E-state index >= 15 is 0 Å². The maximum atomic E-state index is 6.60. The van der Waals surface area contributed by atoms with Gasteiger partial charge in [0, 0.05) is 77.6 Å². The summed E-state index contributed by atoms with van der Waals surface area (Å²) in [5, 5.41) is 5.27. The van der Waals surface area contributed by atoms with Gasteiger partial charge in [0.2, 0.25) is 0 Å². The van der Waals surface area contributed by atoms with E-state index in [1.54, 1.807) is 0 Å². The minimum Gasteiger partial charge on any atom is -0.455 e. The number of aromatic nitrogens is 1. The first-order chi connectivity index (χ1) is 40.1. The normalized spacial score (nSPS) is 13.6. The molecule has 12 aromatic rings. The largest absolute Gasteiger partial charge is 0.455 e. The van der Waals surface area contributed by atoms with Crippen molar-refractivity contribution < 1.29 is 8.83 Å². The van der Waals surface area contributed by atoms with E-state index in [0.29, 0.717) is 0 Å². The Labute approximate surface area is 486 Å². The number of fused-ring (bicyclic) bond motifs is 9. The van der Waals surface area contributed by atoms with E-state index in [9.17, 15) is 0 Å². The molecule has 0 atom stereocenters. The molecule has 0 aliphatic carbocycles. The van der Waals surface area contributed by atoms with Gasteiger partial charge in [0.25, 0.3) is 6.71 Å². The molecule has 0 spiro atoms. The summed E-state index contributed by atoms with van der Waals surface area (Å²) in [6.07, 6.45) is 8.35. The topological polar surface area (TPSA) is 37.7 Å². The number of furan rings is 2. The van der Waals surface area contributed by atoms with Crippen LogP contribution in [0.3, 0.4) is 0 Å². The predicted molar refractivity (Wildman–Crippen MR) is 355 cm³/mol. The van der Waals surface area contributed by atoms with E-state index in [1.165, 1.54) is 44.3 Å². The average molecular weight is 1080 g/mol. The van der Waals surface area contributed by atoms with Gasteiger partial charge in [-0.1, -0.05) is 183 Å². The Kier molecular flexibility index (Phi) is 11.8. The molecule has 0 fully saturated rings. The van der Waals surface area contributed by atoms with Crippen molar-refractivity contribution in [2.75, 3.05) is 9.80 Å². The summed E-state index contributed by atoms with van der Waals surface area (Å²) in [5.74, 6) is 0. The van der Waals surface area contributed by atoms with Crippen LogP contribution in [0.15, 0.2) is 210 Å². The van der Waals surface area contributed by atoms with Gasteiger partial charge in [-0.2, -0.15) is 0 Å². The lowest BCUT2D eigenvalue weighted by molar-refractivity contribution is 0.573. The lowest BCUT2D eigenvalue weighted by atomic mass is 9.33. The van der Waals surface area contributed by atoms with E-state index in [2.05, 4.69) is 260 Å². The number of aryl methyl sites for hydroxylation is 2. The maximum Gasteiger partial charge on any atom is 0.252 e. The quantitative estimate of drug-likeness (QED) is 0.142. The number of hydrogen-bond donors (Lipinski definition) is 0. The molecular weight excluding hydrogens is 1010 g/mol. The van der Waals surface area contributed by atoms with Crippen LogP contribution < -0.4 is 36.8 Å². The second-order valence-corrected chi connectivity index (χ2v) is 24.7. The predicted octanol–water partition coefficient (Wildman–Crippen LogP) is 17.7. The Morgan fingerprint density at radius 3 is 1.86 bits per heavy atom. The number of benzene rings is 9. The van der Waals surface area contributed by atoms with Crippen LogP contribution in [0, 0.1) is 13.8 Å². The number of rotatable bonds is 8. The zero-order valence-corrected chi connectivity index (χ0v) is 48.9. The van der Waals surface area contributed by atoms with Crippen molar-refractivity contribution in [1.29, 1.82) is 0 Å². The summed E-state index contributed by atoms with van der Waals surface area (Å²) in [5.41, 5.74) is 26.9. The summed E-state index contributed by atoms with van der Waals surface area (Å²) >= 11 is 0. The molecule has 0 saturated heterocycles. The van der Waals surface area contributed by atoms with Gasteiger partial charge < -0.3 is 23.2 Å². The van der Waals surface area contributed by atoms with Gasteiger partial charge in [-0.15, -0.1) is 0 Å². The monoisotopic (exact) mass is 1080 g/mol. The standard InChI is InChI=1S/C77H66BN3O2/c1-13-24-58-61-44-63-67(45-66(61)79(64(58)15-3)53-25-17-16-18-26-53)81(73-46(4)39-50(40-47(73)5)55(14-2)74-48(6)56-27-19-21-31-70(56)82-74)69-43-52(77(10,11)12)42-68-72(69)78(63)62-41-51(76(7,8)9)35-38-65(62)80(68)54-36-33-49(34-37-54)57-29-23-30-60-59-28-20-22-32-71(59)83-75(57)60/h13-45H,2-3,6H2,1,4-5,7-12H3/b24-13-,74-55-. The van der Waals surface area contributed by atoms with Crippen LogP contribution >= 0.6 is 0 Å². The lowest BCUT2D eigenvalue weighted by Crippen LogP contribution is -2.61. The Morgan fingerprint density at radius 2 is 1.19 bits per heavy atom. The lowest BCUT2D eigenvalue weighted by Gasteiger charge is -2.46. The molecule has 5 heterocycles. The first kappa shape index (κ1) is 51.6. The third-order valence-corrected chi connectivity index (χ3v) is 17.5. The minimum atomic E-state index is -0.226. The van der Waals surface area contributed by atoms with E-state index in [4.69, 9.17) is 8.83 Å². The van der Waals surface area contributed by atoms with Crippen molar-refractivity contribution in [2.24, 2.45) is 0 Å². The molecule has 0 amide bonds. The first-order valence-corrected chi connectivity index (χ1v) is 29.0. The third-order valence-electron chi connectivity index (χ3n) is 17.5. The summed E-state index contributed by atoms with van der Waals surface area (Å²) in [4.78, 5) is 5.15. The second kappa shape index (κ2) is 19.0. The molecule has 0 saturated carbocycles. The first-order valence-electron chi connectivity index (χ1n) is 29.0. The molecule has 0 N–H and O–H groups in total. The molecule has 14 rings (SSSR count). The fourth-order valence-corrected chi connectivity index (χ4v) is 13.5. The number of anilines is 6. The van der Waals surface area contributed by atoms with Gasteiger partial charge in [0.05, 0.1) is 16.9 Å². The second-order valence-electron chi connectivity index (χ2n) is 24.7. The highest BCUT2D eigenvalue weighted by molar-refractivity contribution is 7.00. The van der Waals surface area contributed by atoms with Gasteiger partial charge in [-0.3, -0.25) is 0 Å². The van der Waals surface area contributed by atoms with Crippen molar-refractivity contribution in [1.82, 2.24) is 4.57 Å². The molecule has 9 aromatic carbocycles. The van der Waals surface area contributed by atoms with Gasteiger partial charge >= 0.3 is 0 Å². The van der Waals surface area contributed by atoms with Crippen LogP contribution in [0.4, 0.5) is 34.1 Å². The highest BCUT2D eigenvalue weighted by atomic mass is 16.3. The SMILES string of the molecule is C=C/C(c1cc(C)c(N2c3cc4c(cc3B3c5cc(C(C)(C)C)ccc5N(c5ccc(-c6cccc7c6oc6ccccc67)cc5)c5cc(C(C)(C)C)cc2c53)c(/C=C\C)c(C=C)n4-c2ccccc2)c(C)c1)=c1/oc2ccccc2c1=C. The number of hydrogen-bond acceptors (Lipinski definition) is 4. The molecule has 2 aliphatic rings. The van der Waals surface area contributed by atoms with Crippen molar-refractivity contribution in [3.05, 3.63) is 251 Å². The molecule has 83 heavy (non-hydrogen) atoms. The van der Waals surface area contributed by atoms with E-state index in [-0.39, 0.29) is 17.5 Å². The molecule has 0 unspecified atom stereocenters. The fraction of sp³-hybridized carbons (Fsp3) is 0.143. The average Bonchev–Trinajstić information content (AvgIpc) is 2.32. The van der Waals surface area contributed by atoms with Crippen molar-refractivity contribution in [2.45, 2.75) is 73.1 Å². The Balaban J connectivity index is 1.08. The van der Waals surface area contributed by atoms with Crippen molar-refractivity contribution >= 4 is 125 Å². The van der Waals surface area contributed by atoms with Gasteiger partial charge in [0.15, 0.2) is 0 Å². The minimum absolute atomic E-state index is 0.120. The van der Waals surface area contributed by atoms with E-state index in [1.807, 2.05) is 36.4 Å². The molecule has 6 heteroatoms. The van der Waals surface area contributed by atoms with E-state index < -0.39 is 0 Å². The summed E-state index contributed by atoms with van der Waals surface area (Å²) in [6.45, 7) is 33.9. The van der Waals surface area contributed by atoms with Crippen LogP contribution in [-0.4, -0.2) is 11.3 Å². The Morgan fingerprint density at radius 1 is 0.554 bits per heavy atom. The zero-order chi connectivity index (χ0) is 57.4. The summed E-state index contributed by atoms with van der Waals surface area (Å²) in [7, 11) is 0. The molecule has 404 valence electrons. The molecule has 0 radical (unpaired) electrons. The number of allylic oxidation sites excluding steroid dienone is 2. The van der Waals surface area contributed by atoms with Crippen LogP contribution in [-0.2, 0) is 10.8 Å². The van der Waals surface area contributed by atoms with Crippen molar-refractivity contribution in [3.63, 3.8) is 0 Å². The highest BCUT2D eigenvalue weighted by Crippen LogP contribution is 2.50. The van der Waals surface area contributed by atoms with Gasteiger partial charge in [-0.25, -0.2) is 0 Å². The fourth-order valence-electron chi connectivity index (χ4n) is 13.5. The van der Waals surface area contributed by atoms with Crippen molar-refractivity contribution in [3.8, 4) is 16.8 Å². The summed E-state index contributed by atoms with van der Waals surface area (Å²) < 4.78 is 15.6. The van der Waals surface area contributed by atoms with Crippen LogP contribution in [0.1, 0.15) is 87.5 Å². The van der Waals surface area contributed by atoms with Gasteiger partial charge in [0.1, 0.15) is 22.2 Å². The molecular formula is C77H66BN3O2. The smallest absolute Gasteiger partial charge is 0.252 e. The molecule has 0 bridgehead atoms. The van der Waals surface area contributed by atoms with Gasteiger partial charge in [-0.05, 0) is 160 Å². The van der Waals surface area contributed by atoms with Crippen LogP contribution in [0.5, 0.6) is 0 Å². The maximum absolute atomic E-state index is 6.60. The third kappa shape index (κ3) is 7.98. The van der Waals surface area contributed by atoms with Crippen LogP contribution in [0.2, 0.25) is 0 Å². The van der Waals surface area contributed by atoms with E-state index in [0.717, 1.165) is 122 Å². The Hall–Kier alpha value is -9.52. The number of para-hydroxylation sites is 4. The zero-order valence-electron chi connectivity index (χ0n) is 48.9. The molecule has 2 aliphatic heterocycles. The molecule has 3 aromatic heterocycles. The molecule has 5 nitrogen and oxygen atoms in total. The van der Waals surface area contributed by atoms with Crippen LogP contribution in [0.25, 0.3) is 84.9 Å². The highest BCUT2D eigenvalue weighted by Gasteiger charge is 2.45.